The van der Waals surface area contributed by atoms with E-state index in [0.29, 0.717) is 16.3 Å². The van der Waals surface area contributed by atoms with Crippen molar-refractivity contribution in [3.8, 4) is 17.4 Å². The molecule has 1 aromatic heterocycles. The van der Waals surface area contributed by atoms with Gasteiger partial charge in [-0.15, -0.1) is 0 Å². The molecule has 0 saturated carbocycles. The fraction of sp³-hybridized carbons (Fsp3) is 0. The summed E-state index contributed by atoms with van der Waals surface area (Å²) in [6.07, 6.45) is 1.26. The lowest BCUT2D eigenvalue weighted by molar-refractivity contribution is -0.384. The molecule has 1 amide bonds. The summed E-state index contributed by atoms with van der Waals surface area (Å²) in [6.45, 7) is 0. The Morgan fingerprint density at radius 1 is 1.18 bits per heavy atom. The Hall–Kier alpha value is -3.89. The normalized spacial score (nSPS) is 10.9. The van der Waals surface area contributed by atoms with Crippen molar-refractivity contribution in [1.29, 1.82) is 5.26 Å². The summed E-state index contributed by atoms with van der Waals surface area (Å²) in [7, 11) is 0. The number of hydrogen-bond acceptors (Lipinski definition) is 5. The Morgan fingerprint density at radius 3 is 2.68 bits per heavy atom. The average molecular weight is 394 g/mol. The van der Waals surface area contributed by atoms with Gasteiger partial charge >= 0.3 is 0 Å². The van der Waals surface area contributed by atoms with Crippen molar-refractivity contribution in [3.63, 3.8) is 0 Å². The number of para-hydroxylation sites is 1. The van der Waals surface area contributed by atoms with Gasteiger partial charge in [0.15, 0.2) is 0 Å². The lowest BCUT2D eigenvalue weighted by atomic mass is 10.1. The lowest BCUT2D eigenvalue weighted by Gasteiger charge is -2.04. The minimum atomic E-state index is -0.631. The molecule has 0 aliphatic carbocycles. The molecule has 7 nitrogen and oxygen atoms in total. The number of carbonyl (C=O) groups is 1. The van der Waals surface area contributed by atoms with Crippen LogP contribution in [0.3, 0.4) is 0 Å². The number of halogens is 1. The number of anilines is 1. The maximum atomic E-state index is 12.3. The highest BCUT2D eigenvalue weighted by molar-refractivity contribution is 6.31. The maximum absolute atomic E-state index is 12.3. The van der Waals surface area contributed by atoms with Crippen molar-refractivity contribution in [1.82, 2.24) is 0 Å². The summed E-state index contributed by atoms with van der Waals surface area (Å²) in [5, 5.41) is 23.5. The molecule has 0 fully saturated rings. The zero-order chi connectivity index (χ0) is 20.1. The van der Waals surface area contributed by atoms with Crippen LogP contribution in [0.5, 0.6) is 0 Å². The van der Waals surface area contributed by atoms with Gasteiger partial charge in [-0.2, -0.15) is 5.26 Å². The van der Waals surface area contributed by atoms with Crippen molar-refractivity contribution >= 4 is 35.0 Å². The smallest absolute Gasteiger partial charge is 0.280 e. The van der Waals surface area contributed by atoms with E-state index < -0.39 is 10.8 Å². The molecule has 0 unspecified atom stereocenters. The molecule has 3 aromatic rings. The SMILES string of the molecule is N#CC(=Cc1ccc(-c2ccccc2[N+](=O)[O-])o1)C(=O)Nc1cccc(Cl)c1. The standard InChI is InChI=1S/C20H12ClN3O4/c21-14-4-3-5-15(11-14)23-20(25)13(12-22)10-16-8-9-19(28-16)17-6-1-2-7-18(17)24(26)27/h1-11H,(H,23,25). The first-order valence-corrected chi connectivity index (χ1v) is 8.38. The molecule has 0 bridgehead atoms. The number of furan rings is 1. The molecule has 0 spiro atoms. The molecule has 3 rings (SSSR count). The molecule has 28 heavy (non-hydrogen) atoms. The van der Waals surface area contributed by atoms with E-state index in [4.69, 9.17) is 16.0 Å². The number of amides is 1. The van der Waals surface area contributed by atoms with Crippen LogP contribution in [0, 0.1) is 21.4 Å². The summed E-state index contributed by atoms with van der Waals surface area (Å²) in [5.74, 6) is -0.162. The van der Waals surface area contributed by atoms with E-state index in [2.05, 4.69) is 5.32 Å². The second-order valence-electron chi connectivity index (χ2n) is 5.61. The van der Waals surface area contributed by atoms with Crippen LogP contribution in [0.4, 0.5) is 11.4 Å². The van der Waals surface area contributed by atoms with Crippen LogP contribution in [-0.4, -0.2) is 10.8 Å². The minimum Gasteiger partial charge on any atom is -0.456 e. The summed E-state index contributed by atoms with van der Waals surface area (Å²) in [6, 6.07) is 17.5. The van der Waals surface area contributed by atoms with Gasteiger partial charge in [0, 0.05) is 22.9 Å². The van der Waals surface area contributed by atoms with Gasteiger partial charge in [-0.05, 0) is 36.4 Å². The van der Waals surface area contributed by atoms with E-state index in [1.54, 1.807) is 42.5 Å². The third-order valence-corrected chi connectivity index (χ3v) is 3.96. The summed E-state index contributed by atoms with van der Waals surface area (Å²) >= 11 is 5.87. The molecule has 0 aliphatic rings. The molecule has 0 atom stereocenters. The monoisotopic (exact) mass is 393 g/mol. The molecule has 1 heterocycles. The van der Waals surface area contributed by atoms with Gasteiger partial charge < -0.3 is 9.73 Å². The number of nitriles is 1. The van der Waals surface area contributed by atoms with Crippen LogP contribution >= 0.6 is 11.6 Å². The number of nitro benzene ring substituents is 1. The van der Waals surface area contributed by atoms with Gasteiger partial charge in [-0.25, -0.2) is 0 Å². The average Bonchev–Trinajstić information content (AvgIpc) is 3.14. The van der Waals surface area contributed by atoms with E-state index in [1.165, 1.54) is 24.3 Å². The second kappa shape index (κ2) is 8.20. The van der Waals surface area contributed by atoms with Crippen LogP contribution in [-0.2, 0) is 4.79 Å². The van der Waals surface area contributed by atoms with Gasteiger partial charge in [0.25, 0.3) is 11.6 Å². The van der Waals surface area contributed by atoms with E-state index in [1.807, 2.05) is 6.07 Å². The van der Waals surface area contributed by atoms with Crippen molar-refractivity contribution < 1.29 is 14.1 Å². The Balaban J connectivity index is 1.86. The lowest BCUT2D eigenvalue weighted by Crippen LogP contribution is -2.13. The third-order valence-electron chi connectivity index (χ3n) is 3.73. The summed E-state index contributed by atoms with van der Waals surface area (Å²) in [4.78, 5) is 23.0. The first kappa shape index (κ1) is 18.9. The first-order valence-electron chi connectivity index (χ1n) is 8.00. The molecule has 2 aromatic carbocycles. The van der Waals surface area contributed by atoms with Crippen molar-refractivity contribution in [3.05, 3.63) is 87.1 Å². The number of rotatable bonds is 5. The van der Waals surface area contributed by atoms with Crippen LogP contribution in [0.25, 0.3) is 17.4 Å². The minimum absolute atomic E-state index is 0.105. The molecule has 138 valence electrons. The zero-order valence-corrected chi connectivity index (χ0v) is 15.0. The summed E-state index contributed by atoms with van der Waals surface area (Å²) in [5.41, 5.74) is 0.447. The van der Waals surface area contributed by atoms with E-state index in [-0.39, 0.29) is 22.8 Å². The highest BCUT2D eigenvalue weighted by Crippen LogP contribution is 2.31. The zero-order valence-electron chi connectivity index (χ0n) is 14.3. The van der Waals surface area contributed by atoms with Gasteiger partial charge in [0.1, 0.15) is 23.2 Å². The van der Waals surface area contributed by atoms with Crippen molar-refractivity contribution in [2.45, 2.75) is 0 Å². The van der Waals surface area contributed by atoms with Gasteiger partial charge in [0.2, 0.25) is 0 Å². The number of nitro groups is 1. The Morgan fingerprint density at radius 2 is 1.96 bits per heavy atom. The van der Waals surface area contributed by atoms with Crippen LogP contribution in [0.2, 0.25) is 5.02 Å². The predicted molar refractivity (Wildman–Crippen MR) is 104 cm³/mol. The Bertz CT molecular complexity index is 1130. The van der Waals surface area contributed by atoms with E-state index in [9.17, 15) is 20.2 Å². The van der Waals surface area contributed by atoms with Crippen molar-refractivity contribution in [2.24, 2.45) is 0 Å². The van der Waals surface area contributed by atoms with Gasteiger partial charge in [-0.1, -0.05) is 29.8 Å². The molecule has 0 radical (unpaired) electrons. The molecular formula is C20H12ClN3O4. The Kier molecular flexibility index (Phi) is 5.53. The summed E-state index contributed by atoms with van der Waals surface area (Å²) < 4.78 is 5.58. The number of carbonyl (C=O) groups excluding carboxylic acids is 1. The molecule has 0 aliphatic heterocycles. The topological polar surface area (TPSA) is 109 Å². The van der Waals surface area contributed by atoms with Gasteiger partial charge in [-0.3, -0.25) is 14.9 Å². The predicted octanol–water partition coefficient (Wildman–Crippen LogP) is 5.05. The number of nitrogens with zero attached hydrogens (tertiary/aromatic N) is 2. The third kappa shape index (κ3) is 4.26. The van der Waals surface area contributed by atoms with E-state index >= 15 is 0 Å². The second-order valence-corrected chi connectivity index (χ2v) is 6.05. The van der Waals surface area contributed by atoms with Crippen LogP contribution < -0.4 is 5.32 Å². The fourth-order valence-electron chi connectivity index (χ4n) is 2.47. The molecular weight excluding hydrogens is 382 g/mol. The van der Waals surface area contributed by atoms with Crippen LogP contribution in [0.1, 0.15) is 5.76 Å². The van der Waals surface area contributed by atoms with Crippen LogP contribution in [0.15, 0.2) is 70.7 Å². The number of nitrogens with one attached hydrogen (secondary N) is 1. The maximum Gasteiger partial charge on any atom is 0.280 e. The molecule has 1 N–H and O–H groups in total. The largest absolute Gasteiger partial charge is 0.456 e. The highest BCUT2D eigenvalue weighted by Gasteiger charge is 2.17. The van der Waals surface area contributed by atoms with E-state index in [0.717, 1.165) is 0 Å². The number of hydrogen-bond donors (Lipinski definition) is 1. The van der Waals surface area contributed by atoms with Crippen molar-refractivity contribution in [2.75, 3.05) is 5.32 Å². The fourth-order valence-corrected chi connectivity index (χ4v) is 2.66. The molecule has 8 heteroatoms. The Labute approximate surface area is 164 Å². The number of benzene rings is 2. The molecule has 0 saturated heterocycles. The quantitative estimate of drug-likeness (QED) is 0.282. The highest BCUT2D eigenvalue weighted by atomic mass is 35.5. The van der Waals surface area contributed by atoms with Gasteiger partial charge in [0.05, 0.1) is 10.5 Å². The first-order chi connectivity index (χ1) is 13.5.